The van der Waals surface area contributed by atoms with Crippen LogP contribution in [0.4, 0.5) is 13.2 Å². The zero-order valence-corrected chi connectivity index (χ0v) is 10.7. The molecule has 0 spiro atoms. The molecule has 0 radical (unpaired) electrons. The van der Waals surface area contributed by atoms with E-state index in [0.29, 0.717) is 18.8 Å². The van der Waals surface area contributed by atoms with Crippen molar-refractivity contribution in [2.24, 2.45) is 5.73 Å². The highest BCUT2D eigenvalue weighted by Crippen LogP contribution is 2.32. The Bertz CT molecular complexity index is 465. The molecule has 0 fully saturated rings. The van der Waals surface area contributed by atoms with E-state index in [1.165, 1.54) is 6.08 Å². The SMILES string of the molecule is Cc1ccc(C(CN)N2CC=C(C(F)(F)F)CC2)o1. The van der Waals surface area contributed by atoms with E-state index in [9.17, 15) is 13.2 Å². The van der Waals surface area contributed by atoms with Gasteiger partial charge in [0.05, 0.1) is 6.04 Å². The molecule has 1 aliphatic rings. The summed E-state index contributed by atoms with van der Waals surface area (Å²) in [6.45, 7) is 2.74. The zero-order chi connectivity index (χ0) is 14.0. The fourth-order valence-electron chi connectivity index (χ4n) is 2.30. The zero-order valence-electron chi connectivity index (χ0n) is 10.7. The van der Waals surface area contributed by atoms with Crippen LogP contribution in [0.5, 0.6) is 0 Å². The molecule has 1 aliphatic heterocycles. The predicted octanol–water partition coefficient (Wildman–Crippen LogP) is 2.78. The number of hydrogen-bond donors (Lipinski definition) is 1. The summed E-state index contributed by atoms with van der Waals surface area (Å²) in [5.41, 5.74) is 5.27. The highest BCUT2D eigenvalue weighted by molar-refractivity contribution is 5.16. The highest BCUT2D eigenvalue weighted by Gasteiger charge is 2.36. The van der Waals surface area contributed by atoms with Gasteiger partial charge in [-0.3, -0.25) is 4.90 Å². The Hall–Kier alpha value is -1.27. The second-order valence-electron chi connectivity index (χ2n) is 4.67. The van der Waals surface area contributed by atoms with Crippen molar-refractivity contribution in [2.45, 2.75) is 25.6 Å². The van der Waals surface area contributed by atoms with E-state index in [1.807, 2.05) is 24.0 Å². The molecule has 2 N–H and O–H groups in total. The van der Waals surface area contributed by atoms with Crippen LogP contribution in [-0.2, 0) is 0 Å². The van der Waals surface area contributed by atoms with Crippen molar-refractivity contribution in [3.63, 3.8) is 0 Å². The summed E-state index contributed by atoms with van der Waals surface area (Å²) in [7, 11) is 0. The molecule has 1 aromatic heterocycles. The molecule has 3 nitrogen and oxygen atoms in total. The lowest BCUT2D eigenvalue weighted by atomic mass is 10.0. The van der Waals surface area contributed by atoms with Crippen LogP contribution < -0.4 is 5.73 Å². The topological polar surface area (TPSA) is 42.4 Å². The Morgan fingerprint density at radius 3 is 2.58 bits per heavy atom. The van der Waals surface area contributed by atoms with Crippen molar-refractivity contribution in [3.05, 3.63) is 35.3 Å². The quantitative estimate of drug-likeness (QED) is 0.862. The summed E-state index contributed by atoms with van der Waals surface area (Å²) in [5.74, 6) is 1.49. The summed E-state index contributed by atoms with van der Waals surface area (Å²) in [4.78, 5) is 1.91. The highest BCUT2D eigenvalue weighted by atomic mass is 19.4. The first kappa shape index (κ1) is 14.1. The molecular formula is C13H17F3N2O. The van der Waals surface area contributed by atoms with Gasteiger partial charge in [0.15, 0.2) is 0 Å². The maximum Gasteiger partial charge on any atom is 0.412 e. The molecule has 0 saturated heterocycles. The number of hydrogen-bond acceptors (Lipinski definition) is 3. The second kappa shape index (κ2) is 5.38. The molecule has 0 aromatic carbocycles. The van der Waals surface area contributed by atoms with Crippen molar-refractivity contribution in [1.82, 2.24) is 4.90 Å². The predicted molar refractivity (Wildman–Crippen MR) is 65.6 cm³/mol. The Morgan fingerprint density at radius 1 is 1.42 bits per heavy atom. The van der Waals surface area contributed by atoms with Crippen LogP contribution in [0.2, 0.25) is 0 Å². The third kappa shape index (κ3) is 3.19. The van der Waals surface area contributed by atoms with Gasteiger partial charge >= 0.3 is 6.18 Å². The van der Waals surface area contributed by atoms with E-state index in [0.717, 1.165) is 5.76 Å². The molecule has 0 bridgehead atoms. The molecule has 6 heteroatoms. The van der Waals surface area contributed by atoms with Gasteiger partial charge in [0.2, 0.25) is 0 Å². The Balaban J connectivity index is 2.09. The minimum atomic E-state index is -4.22. The standard InChI is InChI=1S/C13H17F3N2O/c1-9-2-3-12(19-9)11(8-17)18-6-4-10(5-7-18)13(14,15)16/h2-4,11H,5-8,17H2,1H3. The van der Waals surface area contributed by atoms with Gasteiger partial charge in [-0.25, -0.2) is 0 Å². The lowest BCUT2D eigenvalue weighted by Crippen LogP contribution is -2.38. The normalized spacial score (nSPS) is 19.3. The number of alkyl halides is 3. The van der Waals surface area contributed by atoms with E-state index < -0.39 is 11.7 Å². The molecule has 1 atom stereocenters. The minimum Gasteiger partial charge on any atom is -0.465 e. The largest absolute Gasteiger partial charge is 0.465 e. The molecule has 2 heterocycles. The Morgan fingerprint density at radius 2 is 2.16 bits per heavy atom. The van der Waals surface area contributed by atoms with Gasteiger partial charge in [0.1, 0.15) is 11.5 Å². The molecule has 2 rings (SSSR count). The van der Waals surface area contributed by atoms with Gasteiger partial charge in [-0.2, -0.15) is 13.2 Å². The van der Waals surface area contributed by atoms with E-state index in [2.05, 4.69) is 0 Å². The number of halogens is 3. The van der Waals surface area contributed by atoms with Gasteiger partial charge in [0, 0.05) is 25.2 Å². The maximum absolute atomic E-state index is 12.5. The molecule has 106 valence electrons. The molecule has 1 unspecified atom stereocenters. The van der Waals surface area contributed by atoms with Crippen molar-refractivity contribution in [3.8, 4) is 0 Å². The van der Waals surface area contributed by atoms with Crippen LogP contribution in [-0.4, -0.2) is 30.7 Å². The first-order chi connectivity index (χ1) is 8.91. The van der Waals surface area contributed by atoms with Crippen LogP contribution in [0.1, 0.15) is 24.0 Å². The van der Waals surface area contributed by atoms with Crippen LogP contribution in [0.25, 0.3) is 0 Å². The average molecular weight is 274 g/mol. The van der Waals surface area contributed by atoms with Gasteiger partial charge < -0.3 is 10.2 Å². The van der Waals surface area contributed by atoms with Crippen LogP contribution in [0.15, 0.2) is 28.2 Å². The molecule has 19 heavy (non-hydrogen) atoms. The first-order valence-electron chi connectivity index (χ1n) is 6.18. The van der Waals surface area contributed by atoms with Crippen molar-refractivity contribution in [2.75, 3.05) is 19.6 Å². The van der Waals surface area contributed by atoms with Gasteiger partial charge in [0.25, 0.3) is 0 Å². The summed E-state index contributed by atoms with van der Waals surface area (Å²) in [5, 5.41) is 0. The second-order valence-corrected chi connectivity index (χ2v) is 4.67. The molecular weight excluding hydrogens is 257 g/mol. The summed E-state index contributed by atoms with van der Waals surface area (Å²) >= 11 is 0. The van der Waals surface area contributed by atoms with Crippen molar-refractivity contribution in [1.29, 1.82) is 0 Å². The van der Waals surface area contributed by atoms with Crippen LogP contribution >= 0.6 is 0 Å². The van der Waals surface area contributed by atoms with Gasteiger partial charge in [-0.05, 0) is 25.5 Å². The van der Waals surface area contributed by atoms with E-state index in [-0.39, 0.29) is 19.0 Å². The van der Waals surface area contributed by atoms with Crippen molar-refractivity contribution < 1.29 is 17.6 Å². The molecule has 0 aliphatic carbocycles. The maximum atomic E-state index is 12.5. The fraction of sp³-hybridized carbons (Fsp3) is 0.538. The summed E-state index contributed by atoms with van der Waals surface area (Å²) in [6, 6.07) is 3.49. The van der Waals surface area contributed by atoms with Crippen LogP contribution in [0.3, 0.4) is 0 Å². The van der Waals surface area contributed by atoms with E-state index in [4.69, 9.17) is 10.2 Å². The average Bonchev–Trinajstić information content (AvgIpc) is 2.76. The fourth-order valence-corrected chi connectivity index (χ4v) is 2.30. The number of furan rings is 1. The third-order valence-corrected chi connectivity index (χ3v) is 3.36. The first-order valence-corrected chi connectivity index (χ1v) is 6.18. The van der Waals surface area contributed by atoms with Gasteiger partial charge in [-0.1, -0.05) is 6.08 Å². The smallest absolute Gasteiger partial charge is 0.412 e. The Labute approximate surface area is 109 Å². The number of nitrogens with two attached hydrogens (primary N) is 1. The molecule has 0 saturated carbocycles. The van der Waals surface area contributed by atoms with Crippen molar-refractivity contribution >= 4 is 0 Å². The summed E-state index contributed by atoms with van der Waals surface area (Å²) < 4.78 is 43.2. The van der Waals surface area contributed by atoms with Crippen LogP contribution in [0, 0.1) is 6.92 Å². The molecule has 1 aromatic rings. The Kier molecular flexibility index (Phi) is 4.01. The van der Waals surface area contributed by atoms with Gasteiger partial charge in [-0.15, -0.1) is 0 Å². The monoisotopic (exact) mass is 274 g/mol. The minimum absolute atomic E-state index is 0.000307. The lowest BCUT2D eigenvalue weighted by molar-refractivity contribution is -0.0964. The third-order valence-electron chi connectivity index (χ3n) is 3.36. The van der Waals surface area contributed by atoms with E-state index >= 15 is 0 Å². The number of nitrogens with zero attached hydrogens (tertiary/aromatic N) is 1. The molecule has 0 amide bonds. The summed E-state index contributed by atoms with van der Waals surface area (Å²) in [6.07, 6.45) is -2.98. The number of aryl methyl sites for hydroxylation is 1. The number of rotatable bonds is 3. The van der Waals surface area contributed by atoms with E-state index in [1.54, 1.807) is 0 Å². The lowest BCUT2D eigenvalue weighted by Gasteiger charge is -2.32.